The van der Waals surface area contributed by atoms with Crippen LogP contribution in [0, 0.1) is 0 Å². The maximum Gasteiger partial charge on any atom is 0.339 e. The molecule has 0 saturated carbocycles. The highest BCUT2D eigenvalue weighted by Crippen LogP contribution is 2.23. The van der Waals surface area contributed by atoms with E-state index >= 15 is 0 Å². The van der Waals surface area contributed by atoms with Crippen molar-refractivity contribution in [3.05, 3.63) is 108 Å². The van der Waals surface area contributed by atoms with Gasteiger partial charge < -0.3 is 10.6 Å². The predicted octanol–water partition coefficient (Wildman–Crippen LogP) is 3.32. The van der Waals surface area contributed by atoms with Crippen LogP contribution in [0.4, 0.5) is 4.79 Å². The molecule has 0 spiro atoms. The summed E-state index contributed by atoms with van der Waals surface area (Å²) in [5.74, 6) is -0.396. The first kappa shape index (κ1) is 19.1. The van der Waals surface area contributed by atoms with Crippen LogP contribution >= 0.6 is 0 Å². The Kier molecular flexibility index (Phi) is 6.38. The summed E-state index contributed by atoms with van der Waals surface area (Å²) in [6.07, 6.45) is 0. The molecule has 142 valence electrons. The predicted molar refractivity (Wildman–Crippen MR) is 106 cm³/mol. The minimum atomic E-state index is -0.969. The Labute approximate surface area is 163 Å². The van der Waals surface area contributed by atoms with E-state index in [-0.39, 0.29) is 6.04 Å². The molecule has 0 heterocycles. The SMILES string of the molecule is O=C(NO)NC(C(=O)NC(c1ccccc1)c1ccccc1)c1ccccc1. The van der Waals surface area contributed by atoms with Crippen molar-refractivity contribution in [3.63, 3.8) is 0 Å². The molecule has 0 saturated heterocycles. The van der Waals surface area contributed by atoms with Crippen molar-refractivity contribution in [1.82, 2.24) is 16.1 Å². The molecule has 4 N–H and O–H groups in total. The lowest BCUT2D eigenvalue weighted by Crippen LogP contribution is -2.44. The van der Waals surface area contributed by atoms with Crippen molar-refractivity contribution in [1.29, 1.82) is 0 Å². The van der Waals surface area contributed by atoms with E-state index in [1.165, 1.54) is 5.48 Å². The normalized spacial score (nSPS) is 11.5. The number of urea groups is 1. The summed E-state index contributed by atoms with van der Waals surface area (Å²) < 4.78 is 0. The summed E-state index contributed by atoms with van der Waals surface area (Å²) in [6, 6.07) is 25.8. The maximum absolute atomic E-state index is 13.1. The van der Waals surface area contributed by atoms with Crippen molar-refractivity contribution < 1.29 is 14.8 Å². The molecule has 0 aliphatic carbocycles. The molecule has 0 aliphatic heterocycles. The zero-order valence-electron chi connectivity index (χ0n) is 15.1. The molecular weight excluding hydrogens is 354 g/mol. The van der Waals surface area contributed by atoms with Crippen LogP contribution in [0.15, 0.2) is 91.0 Å². The van der Waals surface area contributed by atoms with Gasteiger partial charge in [0.2, 0.25) is 5.91 Å². The highest BCUT2D eigenvalue weighted by molar-refractivity contribution is 5.88. The molecule has 28 heavy (non-hydrogen) atoms. The third-order valence-corrected chi connectivity index (χ3v) is 4.32. The summed E-state index contributed by atoms with van der Waals surface area (Å²) in [5, 5.41) is 14.4. The maximum atomic E-state index is 13.1. The van der Waals surface area contributed by atoms with Gasteiger partial charge in [-0.05, 0) is 16.7 Å². The molecule has 3 amide bonds. The molecule has 6 heteroatoms. The average Bonchev–Trinajstić information content (AvgIpc) is 2.77. The smallest absolute Gasteiger partial charge is 0.339 e. The minimum Gasteiger partial charge on any atom is -0.343 e. The Balaban J connectivity index is 1.91. The second kappa shape index (κ2) is 9.34. The molecule has 0 fully saturated rings. The number of amides is 3. The molecule has 0 bridgehead atoms. The summed E-state index contributed by atoms with van der Waals surface area (Å²) in [6.45, 7) is 0. The van der Waals surface area contributed by atoms with Crippen LogP contribution in [0.25, 0.3) is 0 Å². The van der Waals surface area contributed by atoms with Gasteiger partial charge >= 0.3 is 6.03 Å². The molecule has 3 aromatic rings. The fourth-order valence-corrected chi connectivity index (χ4v) is 2.98. The number of carbonyl (C=O) groups is 2. The largest absolute Gasteiger partial charge is 0.343 e. The number of hydrogen-bond acceptors (Lipinski definition) is 3. The molecule has 6 nitrogen and oxygen atoms in total. The van der Waals surface area contributed by atoms with Crippen LogP contribution < -0.4 is 16.1 Å². The van der Waals surface area contributed by atoms with Crippen molar-refractivity contribution >= 4 is 11.9 Å². The first-order valence-electron chi connectivity index (χ1n) is 8.85. The lowest BCUT2D eigenvalue weighted by atomic mass is 9.97. The summed E-state index contributed by atoms with van der Waals surface area (Å²) in [5.41, 5.74) is 3.94. The molecule has 1 unspecified atom stereocenters. The zero-order valence-corrected chi connectivity index (χ0v) is 15.1. The first-order chi connectivity index (χ1) is 13.7. The van der Waals surface area contributed by atoms with Crippen LogP contribution in [-0.2, 0) is 4.79 Å². The van der Waals surface area contributed by atoms with Gasteiger partial charge in [0.15, 0.2) is 0 Å². The fraction of sp³-hybridized carbons (Fsp3) is 0.0909. The van der Waals surface area contributed by atoms with Gasteiger partial charge in [-0.15, -0.1) is 0 Å². The second-order valence-corrected chi connectivity index (χ2v) is 6.19. The van der Waals surface area contributed by atoms with Gasteiger partial charge in [0.05, 0.1) is 6.04 Å². The minimum absolute atomic E-state index is 0.389. The van der Waals surface area contributed by atoms with Gasteiger partial charge in [0.1, 0.15) is 6.04 Å². The van der Waals surface area contributed by atoms with E-state index in [2.05, 4.69) is 10.6 Å². The van der Waals surface area contributed by atoms with Crippen molar-refractivity contribution in [3.8, 4) is 0 Å². The number of nitrogens with one attached hydrogen (secondary N) is 3. The Bertz CT molecular complexity index is 863. The lowest BCUT2D eigenvalue weighted by Gasteiger charge is -2.24. The molecular formula is C22H21N3O3. The van der Waals surface area contributed by atoms with Crippen LogP contribution in [0.3, 0.4) is 0 Å². The average molecular weight is 375 g/mol. The van der Waals surface area contributed by atoms with Crippen LogP contribution in [0.5, 0.6) is 0 Å². The van der Waals surface area contributed by atoms with Crippen LogP contribution in [-0.4, -0.2) is 17.1 Å². The molecule has 0 radical (unpaired) electrons. The molecule has 3 rings (SSSR count). The van der Waals surface area contributed by atoms with Crippen LogP contribution in [0.1, 0.15) is 28.8 Å². The van der Waals surface area contributed by atoms with E-state index in [0.717, 1.165) is 11.1 Å². The van der Waals surface area contributed by atoms with Crippen molar-refractivity contribution in [2.75, 3.05) is 0 Å². The monoisotopic (exact) mass is 375 g/mol. The Hall–Kier alpha value is -3.64. The van der Waals surface area contributed by atoms with E-state index in [4.69, 9.17) is 5.21 Å². The molecule has 0 aliphatic rings. The summed E-state index contributed by atoms with van der Waals surface area (Å²) >= 11 is 0. The van der Waals surface area contributed by atoms with Crippen molar-refractivity contribution in [2.24, 2.45) is 0 Å². The third-order valence-electron chi connectivity index (χ3n) is 4.32. The zero-order chi connectivity index (χ0) is 19.8. The van der Waals surface area contributed by atoms with Gasteiger partial charge in [-0.25, -0.2) is 10.3 Å². The Morgan fingerprint density at radius 1 is 0.643 bits per heavy atom. The third kappa shape index (κ3) is 4.75. The van der Waals surface area contributed by atoms with E-state index in [1.54, 1.807) is 24.3 Å². The van der Waals surface area contributed by atoms with Gasteiger partial charge in [0, 0.05) is 0 Å². The van der Waals surface area contributed by atoms with Gasteiger partial charge in [0.25, 0.3) is 0 Å². The molecule has 3 aromatic carbocycles. The van der Waals surface area contributed by atoms with E-state index in [0.29, 0.717) is 5.56 Å². The number of hydroxylamine groups is 1. The summed E-state index contributed by atoms with van der Waals surface area (Å²) in [7, 11) is 0. The van der Waals surface area contributed by atoms with E-state index in [1.807, 2.05) is 66.7 Å². The molecule has 0 aromatic heterocycles. The molecule has 1 atom stereocenters. The number of rotatable bonds is 6. The summed E-state index contributed by atoms with van der Waals surface area (Å²) in [4.78, 5) is 24.8. The standard InChI is InChI=1S/C22H21N3O3/c26-21(20(24-22(27)25-28)18-14-8-3-9-15-18)23-19(16-10-4-1-5-11-16)17-12-6-2-7-13-17/h1-15,19-20,28H,(H,23,26)(H2,24,25,27). The number of hydrogen-bond donors (Lipinski definition) is 4. The Morgan fingerprint density at radius 2 is 1.07 bits per heavy atom. The second-order valence-electron chi connectivity index (χ2n) is 6.19. The highest BCUT2D eigenvalue weighted by Gasteiger charge is 2.26. The topological polar surface area (TPSA) is 90.5 Å². The van der Waals surface area contributed by atoms with E-state index < -0.39 is 18.0 Å². The van der Waals surface area contributed by atoms with Crippen molar-refractivity contribution in [2.45, 2.75) is 12.1 Å². The highest BCUT2D eigenvalue weighted by atomic mass is 16.5. The van der Waals surface area contributed by atoms with E-state index in [9.17, 15) is 9.59 Å². The quantitative estimate of drug-likeness (QED) is 0.393. The fourth-order valence-electron chi connectivity index (χ4n) is 2.98. The number of benzene rings is 3. The van der Waals surface area contributed by atoms with Gasteiger partial charge in [-0.3, -0.25) is 10.0 Å². The number of carbonyl (C=O) groups excluding carboxylic acids is 2. The lowest BCUT2D eigenvalue weighted by molar-refractivity contribution is -0.123. The van der Waals surface area contributed by atoms with Gasteiger partial charge in [-0.1, -0.05) is 91.0 Å². The Morgan fingerprint density at radius 3 is 1.50 bits per heavy atom. The van der Waals surface area contributed by atoms with Gasteiger partial charge in [-0.2, -0.15) is 0 Å². The van der Waals surface area contributed by atoms with Crippen LogP contribution in [0.2, 0.25) is 0 Å². The first-order valence-corrected chi connectivity index (χ1v) is 8.85.